The van der Waals surface area contributed by atoms with Gasteiger partial charge in [0.05, 0.1) is 35.4 Å². The molecule has 2 heterocycles. The molecule has 7 heteroatoms. The summed E-state index contributed by atoms with van der Waals surface area (Å²) in [7, 11) is 0. The summed E-state index contributed by atoms with van der Waals surface area (Å²) in [6.07, 6.45) is 22.3. The van der Waals surface area contributed by atoms with Gasteiger partial charge < -0.3 is 19.0 Å². The summed E-state index contributed by atoms with van der Waals surface area (Å²) in [5.41, 5.74) is 2.49. The molecule has 0 bridgehead atoms. The van der Waals surface area contributed by atoms with Gasteiger partial charge in [0.2, 0.25) is 0 Å². The Bertz CT molecular complexity index is 1600. The van der Waals surface area contributed by atoms with Gasteiger partial charge in [-0.1, -0.05) is 121 Å². The fraction of sp³-hybridized carbons (Fsp3) is 0.488. The Balaban J connectivity index is 1.40. The lowest BCUT2D eigenvalue weighted by molar-refractivity contribution is 0.0338. The van der Waals surface area contributed by atoms with E-state index in [1.165, 1.54) is 76.7 Å². The van der Waals surface area contributed by atoms with E-state index in [9.17, 15) is 14.7 Å². The summed E-state index contributed by atoms with van der Waals surface area (Å²) in [6, 6.07) is 14.5. The average Bonchev–Trinajstić information content (AvgIpc) is 3.11. The number of ether oxygens (including phenoxy) is 2. The molecular formula is C41H53NO6. The normalized spacial score (nSPS) is 12.0. The van der Waals surface area contributed by atoms with Crippen LogP contribution in [0.25, 0.3) is 33.2 Å². The van der Waals surface area contributed by atoms with Gasteiger partial charge in [0, 0.05) is 18.4 Å². The van der Waals surface area contributed by atoms with Crippen molar-refractivity contribution in [2.24, 2.45) is 0 Å². The number of rotatable bonds is 23. The Labute approximate surface area is 285 Å². The molecule has 1 unspecified atom stereocenters. The first-order valence-corrected chi connectivity index (χ1v) is 18.1. The number of aromatic carboxylic acids is 1. The van der Waals surface area contributed by atoms with Gasteiger partial charge in [-0.25, -0.2) is 4.79 Å². The van der Waals surface area contributed by atoms with Gasteiger partial charge in [-0.3, -0.25) is 9.78 Å². The molecule has 2 aromatic carbocycles. The van der Waals surface area contributed by atoms with Crippen LogP contribution in [0.3, 0.4) is 0 Å². The second kappa shape index (κ2) is 20.4. The Morgan fingerprint density at radius 1 is 0.792 bits per heavy atom. The quantitative estimate of drug-likeness (QED) is 0.0794. The van der Waals surface area contributed by atoms with Crippen molar-refractivity contribution < 1.29 is 23.8 Å². The molecule has 0 fully saturated rings. The Morgan fingerprint density at radius 3 is 2.21 bits per heavy atom. The number of fused-ring (bicyclic) bond motifs is 1. The van der Waals surface area contributed by atoms with Crippen molar-refractivity contribution in [2.45, 2.75) is 116 Å². The van der Waals surface area contributed by atoms with E-state index >= 15 is 0 Å². The van der Waals surface area contributed by atoms with Gasteiger partial charge in [0.15, 0.2) is 5.43 Å². The zero-order chi connectivity index (χ0) is 34.0. The predicted molar refractivity (Wildman–Crippen MR) is 194 cm³/mol. The number of aromatic nitrogens is 1. The SMILES string of the molecule is CCCCCCCCCCOC(CCCCCC)CCCOc1cncc(C(=O)O)c1-c1ccc2c(=O)c(-c3ccccc3)coc2c1. The zero-order valence-corrected chi connectivity index (χ0v) is 28.9. The van der Waals surface area contributed by atoms with Gasteiger partial charge in [-0.05, 0) is 48.9 Å². The number of hydrogen-bond donors (Lipinski definition) is 1. The molecule has 0 spiro atoms. The van der Waals surface area contributed by atoms with Crippen molar-refractivity contribution in [1.29, 1.82) is 0 Å². The first kappa shape index (κ1) is 36.9. The van der Waals surface area contributed by atoms with Gasteiger partial charge in [-0.2, -0.15) is 0 Å². The van der Waals surface area contributed by atoms with Crippen LogP contribution < -0.4 is 10.2 Å². The number of benzene rings is 2. The minimum atomic E-state index is -1.11. The third kappa shape index (κ3) is 11.0. The van der Waals surface area contributed by atoms with Crippen molar-refractivity contribution in [2.75, 3.05) is 13.2 Å². The summed E-state index contributed by atoms with van der Waals surface area (Å²) < 4.78 is 18.5. The molecule has 0 radical (unpaired) electrons. The highest BCUT2D eigenvalue weighted by molar-refractivity contribution is 5.99. The Kier molecular flexibility index (Phi) is 15.7. The number of carboxylic acid groups (broad SMARTS) is 1. The van der Waals surface area contributed by atoms with Gasteiger partial charge in [0.1, 0.15) is 17.6 Å². The molecule has 0 aliphatic heterocycles. The average molecular weight is 656 g/mol. The van der Waals surface area contributed by atoms with Crippen molar-refractivity contribution in [1.82, 2.24) is 4.98 Å². The highest BCUT2D eigenvalue weighted by atomic mass is 16.5. The van der Waals surface area contributed by atoms with Crippen LogP contribution in [0.15, 0.2) is 76.4 Å². The molecular weight excluding hydrogens is 602 g/mol. The topological polar surface area (TPSA) is 98.9 Å². The summed E-state index contributed by atoms with van der Waals surface area (Å²) in [5.74, 6) is -0.720. The molecule has 2 aromatic heterocycles. The third-order valence-electron chi connectivity index (χ3n) is 8.95. The van der Waals surface area contributed by atoms with Crippen molar-refractivity contribution in [3.63, 3.8) is 0 Å². The summed E-state index contributed by atoms with van der Waals surface area (Å²) >= 11 is 0. The number of nitrogens with zero attached hydrogens (tertiary/aromatic N) is 1. The van der Waals surface area contributed by atoms with Crippen LogP contribution in [0.5, 0.6) is 5.75 Å². The lowest BCUT2D eigenvalue weighted by Gasteiger charge is -2.19. The lowest BCUT2D eigenvalue weighted by atomic mass is 9.98. The second-order valence-electron chi connectivity index (χ2n) is 12.7. The van der Waals surface area contributed by atoms with Crippen LogP contribution >= 0.6 is 0 Å². The van der Waals surface area contributed by atoms with Crippen LogP contribution in [0.1, 0.15) is 121 Å². The highest BCUT2D eigenvalue weighted by Gasteiger charge is 2.20. The molecule has 4 aromatic rings. The molecule has 48 heavy (non-hydrogen) atoms. The van der Waals surface area contributed by atoms with Crippen LogP contribution in [0, 0.1) is 0 Å². The largest absolute Gasteiger partial charge is 0.491 e. The summed E-state index contributed by atoms with van der Waals surface area (Å²) in [6.45, 7) is 5.69. The number of carboxylic acids is 1. The monoisotopic (exact) mass is 655 g/mol. The molecule has 0 aliphatic carbocycles. The van der Waals surface area contributed by atoms with Crippen LogP contribution in [0.2, 0.25) is 0 Å². The van der Waals surface area contributed by atoms with Crippen LogP contribution in [0.4, 0.5) is 0 Å². The van der Waals surface area contributed by atoms with Crippen LogP contribution in [-0.4, -0.2) is 35.4 Å². The molecule has 0 saturated carbocycles. The van der Waals surface area contributed by atoms with Gasteiger partial charge in [-0.15, -0.1) is 0 Å². The van der Waals surface area contributed by atoms with Crippen molar-refractivity contribution in [3.8, 4) is 28.0 Å². The fourth-order valence-electron chi connectivity index (χ4n) is 6.20. The third-order valence-corrected chi connectivity index (χ3v) is 8.95. The second-order valence-corrected chi connectivity index (χ2v) is 12.7. The van der Waals surface area contributed by atoms with E-state index < -0.39 is 5.97 Å². The molecule has 258 valence electrons. The fourth-order valence-corrected chi connectivity index (χ4v) is 6.20. The predicted octanol–water partition coefficient (Wildman–Crippen LogP) is 10.9. The van der Waals surface area contributed by atoms with Crippen molar-refractivity contribution >= 4 is 16.9 Å². The zero-order valence-electron chi connectivity index (χ0n) is 28.9. The van der Waals surface area contributed by atoms with E-state index in [0.717, 1.165) is 44.3 Å². The van der Waals surface area contributed by atoms with E-state index in [-0.39, 0.29) is 17.1 Å². The van der Waals surface area contributed by atoms with Crippen molar-refractivity contribution in [3.05, 3.63) is 83.0 Å². The molecule has 0 saturated heterocycles. The van der Waals surface area contributed by atoms with E-state index in [0.29, 0.717) is 40.0 Å². The first-order chi connectivity index (χ1) is 23.5. The van der Waals surface area contributed by atoms with E-state index in [4.69, 9.17) is 13.9 Å². The maximum absolute atomic E-state index is 13.3. The highest BCUT2D eigenvalue weighted by Crippen LogP contribution is 2.35. The number of hydrogen-bond acceptors (Lipinski definition) is 6. The van der Waals surface area contributed by atoms with Gasteiger partial charge in [0.25, 0.3) is 0 Å². The number of unbranched alkanes of at least 4 members (excludes halogenated alkanes) is 10. The summed E-state index contributed by atoms with van der Waals surface area (Å²) in [5, 5.41) is 10.5. The van der Waals surface area contributed by atoms with Crippen LogP contribution in [-0.2, 0) is 4.74 Å². The Hall–Kier alpha value is -3.97. The molecule has 4 rings (SSSR count). The smallest absolute Gasteiger partial charge is 0.338 e. The lowest BCUT2D eigenvalue weighted by Crippen LogP contribution is -2.16. The first-order valence-electron chi connectivity index (χ1n) is 18.1. The minimum absolute atomic E-state index is 0.0256. The van der Waals surface area contributed by atoms with Gasteiger partial charge >= 0.3 is 5.97 Å². The maximum atomic E-state index is 13.3. The van der Waals surface area contributed by atoms with E-state index in [1.54, 1.807) is 24.4 Å². The van der Waals surface area contributed by atoms with E-state index in [2.05, 4.69) is 18.8 Å². The number of carbonyl (C=O) groups is 1. The maximum Gasteiger partial charge on any atom is 0.338 e. The Morgan fingerprint density at radius 2 is 1.48 bits per heavy atom. The molecule has 0 amide bonds. The summed E-state index contributed by atoms with van der Waals surface area (Å²) in [4.78, 5) is 29.7. The van der Waals surface area contributed by atoms with E-state index in [1.807, 2.05) is 30.3 Å². The standard InChI is InChI=1S/C41H53NO6/c1-3-5-7-9-10-11-12-17-25-46-33(21-16-8-6-4-2)22-18-26-47-38-29-42-28-35(41(44)45)39(38)32-23-24-34-37(27-32)48-30-36(40(34)43)31-19-14-13-15-20-31/h13-15,19-20,23-24,27-30,33H,3-12,16-18,21-22,25-26H2,1-2H3,(H,44,45). The number of pyridine rings is 1. The molecule has 1 N–H and O–H groups in total. The molecule has 7 nitrogen and oxygen atoms in total. The minimum Gasteiger partial charge on any atom is -0.491 e. The molecule has 1 atom stereocenters. The molecule has 0 aliphatic rings.